The molecular weight excluding hydrogens is 118 g/mol. The first-order valence-corrected chi connectivity index (χ1v) is 2.40. The number of rotatable bonds is 0. The van der Waals surface area contributed by atoms with Gasteiger partial charge in [-0.25, -0.2) is 0 Å². The molecule has 0 fully saturated rings. The van der Waals surface area contributed by atoms with Crippen LogP contribution in [0.25, 0.3) is 0 Å². The second-order valence-electron chi connectivity index (χ2n) is 1.71. The Bertz CT molecular complexity index is 301. The minimum Gasteiger partial charge on any atom is -0.294 e. The Morgan fingerprint density at radius 1 is 1.89 bits per heavy atom. The first-order chi connectivity index (χ1) is 4.24. The number of H-pyrrole nitrogens is 1. The summed E-state index contributed by atoms with van der Waals surface area (Å²) < 4.78 is 1.45. The summed E-state index contributed by atoms with van der Waals surface area (Å²) in [4.78, 5) is 10.6. The van der Waals surface area contributed by atoms with Gasteiger partial charge in [0.25, 0.3) is 5.56 Å². The largest absolute Gasteiger partial charge is 0.294 e. The molecule has 46 valence electrons. The molecule has 1 rings (SSSR count). The molecule has 0 spiro atoms. The molecular formula is C5H5N3O. The minimum absolute atomic E-state index is 0.150. The number of nitrogens with one attached hydrogen (secondary N) is 1. The minimum atomic E-state index is -0.333. The van der Waals surface area contributed by atoms with Crippen molar-refractivity contribution in [3.63, 3.8) is 0 Å². The molecule has 0 bridgehead atoms. The molecule has 0 saturated carbocycles. The Morgan fingerprint density at radius 3 is 2.78 bits per heavy atom. The standard InChI is InChI=1S/C5H5N3O/c1-8-3-4(2-6)5(9)7-8/h3H,1H3,(H,7,9). The van der Waals surface area contributed by atoms with Crippen LogP contribution in [-0.2, 0) is 7.05 Å². The van der Waals surface area contributed by atoms with Gasteiger partial charge >= 0.3 is 0 Å². The Hall–Kier alpha value is -1.50. The zero-order valence-corrected chi connectivity index (χ0v) is 4.88. The summed E-state index contributed by atoms with van der Waals surface area (Å²) in [6.07, 6.45) is 1.45. The van der Waals surface area contributed by atoms with Crippen LogP contribution in [0.2, 0.25) is 0 Å². The number of nitrogens with zero attached hydrogens (tertiary/aromatic N) is 2. The van der Waals surface area contributed by atoms with Crippen molar-refractivity contribution >= 4 is 0 Å². The number of nitriles is 1. The monoisotopic (exact) mass is 123 g/mol. The van der Waals surface area contributed by atoms with Crippen molar-refractivity contribution in [1.82, 2.24) is 9.78 Å². The average molecular weight is 123 g/mol. The fourth-order valence-corrected chi connectivity index (χ4v) is 0.585. The van der Waals surface area contributed by atoms with E-state index < -0.39 is 0 Å². The van der Waals surface area contributed by atoms with E-state index in [0.29, 0.717) is 0 Å². The first-order valence-electron chi connectivity index (χ1n) is 2.40. The maximum Gasteiger partial charge on any atom is 0.281 e. The van der Waals surface area contributed by atoms with Crippen LogP contribution in [0.5, 0.6) is 0 Å². The fourth-order valence-electron chi connectivity index (χ4n) is 0.585. The van der Waals surface area contributed by atoms with Crippen molar-refractivity contribution in [1.29, 1.82) is 5.26 Å². The molecule has 1 aromatic rings. The zero-order valence-electron chi connectivity index (χ0n) is 4.88. The molecule has 4 nitrogen and oxygen atoms in total. The molecule has 0 unspecified atom stereocenters. The zero-order chi connectivity index (χ0) is 6.85. The predicted molar refractivity (Wildman–Crippen MR) is 30.7 cm³/mol. The lowest BCUT2D eigenvalue weighted by atomic mass is 10.4. The molecule has 0 saturated heterocycles. The topological polar surface area (TPSA) is 61.6 Å². The Labute approximate surface area is 51.3 Å². The molecule has 0 aliphatic rings. The first kappa shape index (κ1) is 5.63. The summed E-state index contributed by atoms with van der Waals surface area (Å²) in [5, 5.41) is 10.6. The smallest absolute Gasteiger partial charge is 0.281 e. The fraction of sp³-hybridized carbons (Fsp3) is 0.200. The second kappa shape index (κ2) is 1.78. The van der Waals surface area contributed by atoms with Crippen LogP contribution in [0.15, 0.2) is 11.0 Å². The van der Waals surface area contributed by atoms with E-state index in [0.717, 1.165) is 0 Å². The van der Waals surface area contributed by atoms with Gasteiger partial charge in [0.2, 0.25) is 0 Å². The quantitative estimate of drug-likeness (QED) is 0.509. The molecule has 0 aliphatic carbocycles. The SMILES string of the molecule is Cn1cc(C#N)c(=O)[nH]1. The van der Waals surface area contributed by atoms with Crippen molar-refractivity contribution in [3.8, 4) is 6.07 Å². The normalized spacial score (nSPS) is 8.89. The van der Waals surface area contributed by atoms with Gasteiger partial charge < -0.3 is 0 Å². The van der Waals surface area contributed by atoms with Crippen LogP contribution >= 0.6 is 0 Å². The number of hydrogen-bond donors (Lipinski definition) is 1. The number of aromatic amines is 1. The van der Waals surface area contributed by atoms with Gasteiger partial charge in [-0.2, -0.15) is 5.26 Å². The molecule has 1 aromatic heterocycles. The summed E-state index contributed by atoms with van der Waals surface area (Å²) in [7, 11) is 1.66. The third-order valence-corrected chi connectivity index (χ3v) is 0.966. The van der Waals surface area contributed by atoms with Crippen LogP contribution in [-0.4, -0.2) is 9.78 Å². The van der Waals surface area contributed by atoms with Crippen LogP contribution in [0.4, 0.5) is 0 Å². The summed E-state index contributed by atoms with van der Waals surface area (Å²) in [5.41, 5.74) is -0.183. The second-order valence-corrected chi connectivity index (χ2v) is 1.71. The van der Waals surface area contributed by atoms with Gasteiger partial charge in [0.05, 0.1) is 0 Å². The third kappa shape index (κ3) is 0.842. The summed E-state index contributed by atoms with van der Waals surface area (Å²) in [6.45, 7) is 0. The number of hydrogen-bond acceptors (Lipinski definition) is 2. The van der Waals surface area contributed by atoms with Gasteiger partial charge in [0.15, 0.2) is 0 Å². The molecule has 9 heavy (non-hydrogen) atoms. The highest BCUT2D eigenvalue weighted by Gasteiger charge is 1.96. The molecule has 0 atom stereocenters. The summed E-state index contributed by atoms with van der Waals surface area (Å²) in [6, 6.07) is 1.75. The maximum absolute atomic E-state index is 10.6. The van der Waals surface area contributed by atoms with Gasteiger partial charge in [-0.3, -0.25) is 14.6 Å². The lowest BCUT2D eigenvalue weighted by Gasteiger charge is -1.80. The van der Waals surface area contributed by atoms with Crippen LogP contribution in [0, 0.1) is 11.3 Å². The number of aryl methyl sites for hydroxylation is 1. The van der Waals surface area contributed by atoms with E-state index in [9.17, 15) is 4.79 Å². The van der Waals surface area contributed by atoms with Gasteiger partial charge in [0.1, 0.15) is 11.6 Å². The van der Waals surface area contributed by atoms with Crippen LogP contribution in [0.1, 0.15) is 5.56 Å². The van der Waals surface area contributed by atoms with E-state index in [-0.39, 0.29) is 11.1 Å². The molecule has 4 heteroatoms. The molecule has 0 aromatic carbocycles. The van der Waals surface area contributed by atoms with Crippen molar-refractivity contribution in [2.45, 2.75) is 0 Å². The lowest BCUT2D eigenvalue weighted by Crippen LogP contribution is -2.03. The molecule has 1 heterocycles. The van der Waals surface area contributed by atoms with E-state index in [1.165, 1.54) is 10.9 Å². The van der Waals surface area contributed by atoms with Crippen molar-refractivity contribution in [2.75, 3.05) is 0 Å². The Kier molecular flexibility index (Phi) is 1.12. The van der Waals surface area contributed by atoms with Gasteiger partial charge in [-0.1, -0.05) is 0 Å². The van der Waals surface area contributed by atoms with E-state index in [1.54, 1.807) is 13.1 Å². The average Bonchev–Trinajstić information content (AvgIpc) is 2.10. The third-order valence-electron chi connectivity index (χ3n) is 0.966. The summed E-state index contributed by atoms with van der Waals surface area (Å²) >= 11 is 0. The molecule has 0 amide bonds. The number of aromatic nitrogens is 2. The highest BCUT2D eigenvalue weighted by atomic mass is 16.1. The van der Waals surface area contributed by atoms with Gasteiger partial charge in [-0.15, -0.1) is 0 Å². The molecule has 1 N–H and O–H groups in total. The Balaban J connectivity index is 3.37. The molecule has 0 radical (unpaired) electrons. The van der Waals surface area contributed by atoms with Crippen LogP contribution < -0.4 is 5.56 Å². The molecule has 0 aliphatic heterocycles. The van der Waals surface area contributed by atoms with Gasteiger partial charge in [-0.05, 0) is 0 Å². The predicted octanol–water partition coefficient (Wildman–Crippen LogP) is -0.415. The van der Waals surface area contributed by atoms with Crippen molar-refractivity contribution in [2.24, 2.45) is 7.05 Å². The highest BCUT2D eigenvalue weighted by Crippen LogP contribution is 1.82. The van der Waals surface area contributed by atoms with Crippen molar-refractivity contribution in [3.05, 3.63) is 22.1 Å². The van der Waals surface area contributed by atoms with E-state index in [4.69, 9.17) is 5.26 Å². The Morgan fingerprint density at radius 2 is 2.56 bits per heavy atom. The van der Waals surface area contributed by atoms with E-state index >= 15 is 0 Å². The highest BCUT2D eigenvalue weighted by molar-refractivity contribution is 5.21. The maximum atomic E-state index is 10.6. The summed E-state index contributed by atoms with van der Waals surface area (Å²) in [5.74, 6) is 0. The lowest BCUT2D eigenvalue weighted by molar-refractivity contribution is 0.756. The van der Waals surface area contributed by atoms with E-state index in [2.05, 4.69) is 5.10 Å². The van der Waals surface area contributed by atoms with E-state index in [1.807, 2.05) is 0 Å². The van der Waals surface area contributed by atoms with Crippen LogP contribution in [0.3, 0.4) is 0 Å². The van der Waals surface area contributed by atoms with Crippen molar-refractivity contribution < 1.29 is 0 Å². The van der Waals surface area contributed by atoms with Gasteiger partial charge in [0, 0.05) is 13.2 Å².